The summed E-state index contributed by atoms with van der Waals surface area (Å²) in [6.07, 6.45) is 0. The van der Waals surface area contributed by atoms with Crippen LogP contribution in [-0.4, -0.2) is 8.80 Å². The molecule has 13 rings (SSSR count). The first-order chi connectivity index (χ1) is 26.8. The van der Waals surface area contributed by atoms with Crippen LogP contribution in [0, 0.1) is 0 Å². The van der Waals surface area contributed by atoms with Crippen molar-refractivity contribution in [2.24, 2.45) is 0 Å². The Balaban J connectivity index is 1.23. The van der Waals surface area contributed by atoms with Gasteiger partial charge in [-0.25, -0.2) is 0 Å². The summed E-state index contributed by atoms with van der Waals surface area (Å²) in [5.74, 6) is 0. The summed E-state index contributed by atoms with van der Waals surface area (Å²) in [7, 11) is 0. The maximum absolute atomic E-state index is 6.51. The molecule has 9 aromatic carbocycles. The molecule has 4 heterocycles. The molecule has 0 atom stereocenters. The average Bonchev–Trinajstić information content (AvgIpc) is 3.89. The molecule has 0 unspecified atom stereocenters. The lowest BCUT2D eigenvalue weighted by molar-refractivity contribution is 0.669. The largest absolute Gasteiger partial charge is 0.456 e. The van der Waals surface area contributed by atoms with Crippen LogP contribution >= 0.6 is 0 Å². The number of anilines is 3. The van der Waals surface area contributed by atoms with E-state index >= 15 is 0 Å². The number of fused-ring (bicyclic) bond motifs is 15. The molecule has 4 heteroatoms. The first-order valence-corrected chi connectivity index (χ1v) is 18.5. The minimum Gasteiger partial charge on any atom is -0.456 e. The maximum atomic E-state index is 6.51. The van der Waals surface area contributed by atoms with Crippen LogP contribution in [-0.2, 0) is 0 Å². The molecule has 0 saturated heterocycles. The Morgan fingerprint density at radius 2 is 0.944 bits per heavy atom. The van der Waals surface area contributed by atoms with Gasteiger partial charge in [-0.3, -0.25) is 0 Å². The van der Waals surface area contributed by atoms with Gasteiger partial charge in [0.25, 0.3) is 0 Å². The normalized spacial score (nSPS) is 12.4. The topological polar surface area (TPSA) is 25.2 Å². The van der Waals surface area contributed by atoms with Crippen molar-refractivity contribution >= 4 is 115 Å². The van der Waals surface area contributed by atoms with E-state index in [0.717, 1.165) is 44.5 Å². The summed E-state index contributed by atoms with van der Waals surface area (Å²) >= 11 is 0. The van der Waals surface area contributed by atoms with Crippen LogP contribution < -0.4 is 4.90 Å². The first kappa shape index (κ1) is 28.3. The van der Waals surface area contributed by atoms with Crippen molar-refractivity contribution in [1.29, 1.82) is 0 Å². The Bertz CT molecular complexity index is 3690. The lowest BCUT2D eigenvalue weighted by Gasteiger charge is -2.28. The van der Waals surface area contributed by atoms with Crippen molar-refractivity contribution < 1.29 is 4.42 Å². The van der Waals surface area contributed by atoms with Crippen LogP contribution in [0.2, 0.25) is 0 Å². The molecule has 0 N–H and O–H groups in total. The van der Waals surface area contributed by atoms with Crippen LogP contribution in [0.3, 0.4) is 0 Å². The molecular formula is C50H29N3O. The van der Waals surface area contributed by atoms with Crippen molar-refractivity contribution in [3.05, 3.63) is 176 Å². The minimum absolute atomic E-state index is 0.870. The summed E-state index contributed by atoms with van der Waals surface area (Å²) in [5, 5.41) is 12.1. The summed E-state index contributed by atoms with van der Waals surface area (Å²) in [6, 6.07) is 64.1. The van der Waals surface area contributed by atoms with Crippen LogP contribution in [0.5, 0.6) is 0 Å². The van der Waals surface area contributed by atoms with Gasteiger partial charge in [0.05, 0.1) is 49.9 Å². The standard InChI is InChI=1S/C50H29N3O/c1-2-13-32-30(12-1)28-44(34-15-4-3-14-33(32)34)51(43-21-11-23-47-48(43)39-18-7-10-22-46(39)54-47)31-24-27-42-45(29-31)53-41-20-9-6-17-36(41)38-26-25-37-35-16-5-8-19-40(35)52(42)49(37)50(38)53/h1-29H. The highest BCUT2D eigenvalue weighted by atomic mass is 16.3. The molecule has 0 aliphatic rings. The monoisotopic (exact) mass is 687 g/mol. The van der Waals surface area contributed by atoms with Crippen molar-refractivity contribution in [3.63, 3.8) is 0 Å². The van der Waals surface area contributed by atoms with Crippen LogP contribution in [0.4, 0.5) is 17.1 Å². The molecule has 0 aliphatic heterocycles. The number of aromatic nitrogens is 2. The number of furan rings is 1. The van der Waals surface area contributed by atoms with E-state index in [-0.39, 0.29) is 0 Å². The average molecular weight is 688 g/mol. The quantitative estimate of drug-likeness (QED) is 0.136. The first-order valence-electron chi connectivity index (χ1n) is 18.5. The maximum Gasteiger partial charge on any atom is 0.137 e. The Morgan fingerprint density at radius 3 is 1.70 bits per heavy atom. The van der Waals surface area contributed by atoms with E-state index in [1.807, 2.05) is 6.07 Å². The highest BCUT2D eigenvalue weighted by molar-refractivity contribution is 6.25. The van der Waals surface area contributed by atoms with Gasteiger partial charge in [-0.2, -0.15) is 0 Å². The lowest BCUT2D eigenvalue weighted by Crippen LogP contribution is -2.11. The van der Waals surface area contributed by atoms with Gasteiger partial charge in [-0.1, -0.05) is 121 Å². The summed E-state index contributed by atoms with van der Waals surface area (Å²) in [4.78, 5) is 2.46. The fourth-order valence-corrected chi connectivity index (χ4v) is 9.59. The second-order valence-electron chi connectivity index (χ2n) is 14.5. The third-order valence-electron chi connectivity index (χ3n) is 11.8. The fraction of sp³-hybridized carbons (Fsp3) is 0. The van der Waals surface area contributed by atoms with Crippen LogP contribution in [0.25, 0.3) is 98.1 Å². The van der Waals surface area contributed by atoms with Crippen LogP contribution in [0.15, 0.2) is 180 Å². The number of rotatable bonds is 3. The van der Waals surface area contributed by atoms with Gasteiger partial charge in [0.15, 0.2) is 0 Å². The Kier molecular flexibility index (Phi) is 5.34. The van der Waals surface area contributed by atoms with Crippen molar-refractivity contribution in [3.8, 4) is 0 Å². The molecular weight excluding hydrogens is 659 g/mol. The molecule has 4 nitrogen and oxygen atoms in total. The van der Waals surface area contributed by atoms with Gasteiger partial charge in [-0.05, 0) is 70.8 Å². The van der Waals surface area contributed by atoms with Crippen LogP contribution in [0.1, 0.15) is 0 Å². The number of hydrogen-bond donors (Lipinski definition) is 0. The smallest absolute Gasteiger partial charge is 0.137 e. The Labute approximate surface area is 308 Å². The van der Waals surface area contributed by atoms with E-state index in [1.54, 1.807) is 0 Å². The van der Waals surface area contributed by atoms with Gasteiger partial charge < -0.3 is 18.1 Å². The Hall–Kier alpha value is -7.30. The highest BCUT2D eigenvalue weighted by Crippen LogP contribution is 2.48. The molecule has 13 aromatic rings. The number of benzene rings is 9. The van der Waals surface area contributed by atoms with E-state index < -0.39 is 0 Å². The molecule has 0 radical (unpaired) electrons. The minimum atomic E-state index is 0.870. The number of hydrogen-bond acceptors (Lipinski definition) is 2. The van der Waals surface area contributed by atoms with Crippen molar-refractivity contribution in [2.45, 2.75) is 0 Å². The van der Waals surface area contributed by atoms with Gasteiger partial charge in [-0.15, -0.1) is 0 Å². The molecule has 0 bridgehead atoms. The van der Waals surface area contributed by atoms with E-state index in [1.165, 1.54) is 70.7 Å². The molecule has 0 amide bonds. The van der Waals surface area contributed by atoms with E-state index in [9.17, 15) is 0 Å². The van der Waals surface area contributed by atoms with Crippen molar-refractivity contribution in [2.75, 3.05) is 4.90 Å². The second kappa shape index (κ2) is 10.2. The van der Waals surface area contributed by atoms with E-state index in [4.69, 9.17) is 4.42 Å². The third kappa shape index (κ3) is 3.52. The van der Waals surface area contributed by atoms with Gasteiger partial charge >= 0.3 is 0 Å². The summed E-state index contributed by atoms with van der Waals surface area (Å²) in [6.45, 7) is 0. The predicted octanol–water partition coefficient (Wildman–Crippen LogP) is 13.9. The zero-order chi connectivity index (χ0) is 35.1. The van der Waals surface area contributed by atoms with Gasteiger partial charge in [0, 0.05) is 38.0 Å². The predicted molar refractivity (Wildman–Crippen MR) is 227 cm³/mol. The molecule has 0 spiro atoms. The van der Waals surface area contributed by atoms with Gasteiger partial charge in [0.2, 0.25) is 0 Å². The Morgan fingerprint density at radius 1 is 0.352 bits per heavy atom. The molecule has 54 heavy (non-hydrogen) atoms. The molecule has 4 aromatic heterocycles. The fourth-order valence-electron chi connectivity index (χ4n) is 9.59. The summed E-state index contributed by atoms with van der Waals surface area (Å²) in [5.41, 5.74) is 12.3. The zero-order valence-electron chi connectivity index (χ0n) is 29.0. The molecule has 0 aliphatic carbocycles. The zero-order valence-corrected chi connectivity index (χ0v) is 29.0. The SMILES string of the molecule is c1ccc2c(c1)cc(N(c1ccc3c(c1)n1c4ccccc4c4ccc5c6ccccc6n3c5c41)c1cccc3oc4ccccc4c13)c1ccccc12. The van der Waals surface area contributed by atoms with Crippen molar-refractivity contribution in [1.82, 2.24) is 8.80 Å². The van der Waals surface area contributed by atoms with E-state index in [2.05, 4.69) is 184 Å². The number of nitrogens with zero attached hydrogens (tertiary/aromatic N) is 3. The lowest BCUT2D eigenvalue weighted by atomic mass is 9.98. The molecule has 0 fully saturated rings. The van der Waals surface area contributed by atoms with Gasteiger partial charge in [0.1, 0.15) is 11.2 Å². The molecule has 250 valence electrons. The summed E-state index contributed by atoms with van der Waals surface area (Å²) < 4.78 is 11.5. The second-order valence-corrected chi connectivity index (χ2v) is 14.5. The highest BCUT2D eigenvalue weighted by Gasteiger charge is 2.25. The third-order valence-corrected chi connectivity index (χ3v) is 11.8. The number of para-hydroxylation sites is 3. The van der Waals surface area contributed by atoms with E-state index in [0.29, 0.717) is 0 Å². The molecule has 0 saturated carbocycles.